The largest absolute Gasteiger partial charge is 0.417 e. The van der Waals surface area contributed by atoms with E-state index in [0.717, 1.165) is 17.7 Å². The van der Waals surface area contributed by atoms with Gasteiger partial charge in [-0.05, 0) is 48.7 Å². The number of aromatic nitrogens is 3. The van der Waals surface area contributed by atoms with Gasteiger partial charge in [-0.25, -0.2) is 8.42 Å². The van der Waals surface area contributed by atoms with E-state index in [1.807, 2.05) is 0 Å². The zero-order chi connectivity index (χ0) is 22.2. The molecule has 1 aromatic carbocycles. The molecule has 0 radical (unpaired) electrons. The molecule has 0 amide bonds. The van der Waals surface area contributed by atoms with Crippen LogP contribution < -0.4 is 0 Å². The van der Waals surface area contributed by atoms with E-state index in [2.05, 4.69) is 10.2 Å². The number of fused-ring (bicyclic) bond motifs is 1. The molecular weight excluding hydrogens is 453 g/mol. The first-order valence-electron chi connectivity index (χ1n) is 9.49. The van der Waals surface area contributed by atoms with E-state index in [1.54, 1.807) is 24.3 Å². The van der Waals surface area contributed by atoms with Crippen LogP contribution in [0, 0.1) is 0 Å². The van der Waals surface area contributed by atoms with E-state index >= 15 is 0 Å². The molecule has 0 saturated carbocycles. The average Bonchev–Trinajstić information content (AvgIpc) is 3.16. The van der Waals surface area contributed by atoms with Crippen molar-refractivity contribution in [2.75, 3.05) is 13.1 Å². The molecule has 1 aliphatic heterocycles. The van der Waals surface area contributed by atoms with Gasteiger partial charge in [-0.2, -0.15) is 17.5 Å². The standard InChI is InChI=1S/C20H18ClF3N4O2S/c21-17-6-3-14(4-7-17)9-11-31(29,30)27-10-1-2-15(12-27)19-26-25-18-8-5-16(13-28(18)19)20(22,23)24/h3-9,11,13,15H,1-2,10,12H2. The summed E-state index contributed by atoms with van der Waals surface area (Å²) in [6, 6.07) is 8.94. The van der Waals surface area contributed by atoms with Gasteiger partial charge in [-0.3, -0.25) is 4.40 Å². The Morgan fingerprint density at radius 2 is 1.84 bits per heavy atom. The molecule has 1 saturated heterocycles. The van der Waals surface area contributed by atoms with Crippen molar-refractivity contribution in [1.29, 1.82) is 0 Å². The van der Waals surface area contributed by atoms with Crippen LogP contribution in [-0.4, -0.2) is 40.4 Å². The van der Waals surface area contributed by atoms with Gasteiger partial charge in [-0.1, -0.05) is 23.7 Å². The van der Waals surface area contributed by atoms with Crippen LogP contribution in [0.4, 0.5) is 13.2 Å². The summed E-state index contributed by atoms with van der Waals surface area (Å²) in [7, 11) is -3.72. The number of piperidine rings is 1. The van der Waals surface area contributed by atoms with E-state index in [9.17, 15) is 21.6 Å². The molecule has 0 spiro atoms. The molecule has 1 atom stereocenters. The summed E-state index contributed by atoms with van der Waals surface area (Å²) in [5.74, 6) is -0.0476. The molecule has 1 unspecified atom stereocenters. The Morgan fingerprint density at radius 3 is 2.55 bits per heavy atom. The van der Waals surface area contributed by atoms with Gasteiger partial charge < -0.3 is 0 Å². The molecule has 164 valence electrons. The van der Waals surface area contributed by atoms with Gasteiger partial charge >= 0.3 is 6.18 Å². The lowest BCUT2D eigenvalue weighted by molar-refractivity contribution is -0.137. The minimum Gasteiger partial charge on any atom is -0.286 e. The van der Waals surface area contributed by atoms with Crippen molar-refractivity contribution in [3.8, 4) is 0 Å². The minimum atomic E-state index is -4.50. The van der Waals surface area contributed by atoms with E-state index in [1.165, 1.54) is 20.8 Å². The monoisotopic (exact) mass is 470 g/mol. The Labute approximate surface area is 182 Å². The Hall–Kier alpha value is -2.43. The van der Waals surface area contributed by atoms with E-state index in [-0.39, 0.29) is 18.1 Å². The van der Waals surface area contributed by atoms with Gasteiger partial charge in [0.25, 0.3) is 0 Å². The number of halogens is 4. The fraction of sp³-hybridized carbons (Fsp3) is 0.300. The fourth-order valence-corrected chi connectivity index (χ4v) is 4.96. The van der Waals surface area contributed by atoms with Crippen molar-refractivity contribution in [3.05, 3.63) is 70.0 Å². The molecule has 3 aromatic rings. The maximum absolute atomic E-state index is 13.1. The van der Waals surface area contributed by atoms with Gasteiger partial charge in [0, 0.05) is 35.6 Å². The molecule has 1 aliphatic rings. The number of hydrogen-bond acceptors (Lipinski definition) is 4. The number of hydrogen-bond donors (Lipinski definition) is 0. The molecule has 31 heavy (non-hydrogen) atoms. The van der Waals surface area contributed by atoms with Crippen LogP contribution in [0.25, 0.3) is 11.7 Å². The topological polar surface area (TPSA) is 67.6 Å². The molecule has 11 heteroatoms. The summed E-state index contributed by atoms with van der Waals surface area (Å²) >= 11 is 5.84. The Bertz CT molecular complexity index is 1220. The lowest BCUT2D eigenvalue weighted by Gasteiger charge is -2.30. The number of pyridine rings is 1. The molecule has 4 rings (SSSR count). The van der Waals surface area contributed by atoms with Crippen molar-refractivity contribution in [2.24, 2.45) is 0 Å². The first kappa shape index (κ1) is 21.8. The molecule has 2 aromatic heterocycles. The third-order valence-electron chi connectivity index (χ3n) is 5.17. The van der Waals surface area contributed by atoms with Crippen LogP contribution in [0.1, 0.15) is 35.7 Å². The highest BCUT2D eigenvalue weighted by atomic mass is 35.5. The van der Waals surface area contributed by atoms with E-state index < -0.39 is 21.8 Å². The van der Waals surface area contributed by atoms with Crippen LogP contribution in [-0.2, 0) is 16.2 Å². The summed E-state index contributed by atoms with van der Waals surface area (Å²) < 4.78 is 67.6. The van der Waals surface area contributed by atoms with Gasteiger partial charge in [0.1, 0.15) is 5.82 Å². The summed E-state index contributed by atoms with van der Waals surface area (Å²) in [5.41, 5.74) is 0.155. The lowest BCUT2D eigenvalue weighted by atomic mass is 9.99. The Morgan fingerprint density at radius 1 is 1.10 bits per heavy atom. The molecule has 1 fully saturated rings. The minimum absolute atomic E-state index is 0.115. The highest BCUT2D eigenvalue weighted by molar-refractivity contribution is 7.92. The Balaban J connectivity index is 1.57. The second-order valence-corrected chi connectivity index (χ2v) is 9.55. The third kappa shape index (κ3) is 4.76. The van der Waals surface area contributed by atoms with Crippen molar-refractivity contribution in [1.82, 2.24) is 18.9 Å². The average molecular weight is 471 g/mol. The summed E-state index contributed by atoms with van der Waals surface area (Å²) in [6.45, 7) is 0.443. The van der Waals surface area contributed by atoms with Crippen molar-refractivity contribution < 1.29 is 21.6 Å². The number of alkyl halides is 3. The van der Waals surface area contributed by atoms with Crippen LogP contribution in [0.15, 0.2) is 48.0 Å². The summed E-state index contributed by atoms with van der Waals surface area (Å²) in [5, 5.41) is 9.67. The second-order valence-electron chi connectivity index (χ2n) is 7.30. The molecule has 0 aliphatic carbocycles. The highest BCUT2D eigenvalue weighted by Gasteiger charge is 2.33. The fourth-order valence-electron chi connectivity index (χ4n) is 3.56. The van der Waals surface area contributed by atoms with Gasteiger partial charge in [0.2, 0.25) is 10.0 Å². The van der Waals surface area contributed by atoms with Crippen molar-refractivity contribution in [2.45, 2.75) is 24.9 Å². The highest BCUT2D eigenvalue weighted by Crippen LogP contribution is 2.32. The van der Waals surface area contributed by atoms with Crippen LogP contribution in [0.2, 0.25) is 5.02 Å². The normalized spacial score (nSPS) is 18.8. The predicted octanol–water partition coefficient (Wildman–Crippen LogP) is 4.58. The molecular formula is C20H18ClF3N4O2S. The molecule has 0 bridgehead atoms. The number of sulfonamides is 1. The van der Waals surface area contributed by atoms with E-state index in [4.69, 9.17) is 11.6 Å². The predicted molar refractivity (Wildman–Crippen MR) is 111 cm³/mol. The maximum Gasteiger partial charge on any atom is 0.417 e. The smallest absolute Gasteiger partial charge is 0.286 e. The quantitative estimate of drug-likeness (QED) is 0.559. The zero-order valence-electron chi connectivity index (χ0n) is 16.1. The van der Waals surface area contributed by atoms with Crippen LogP contribution in [0.5, 0.6) is 0 Å². The van der Waals surface area contributed by atoms with Gasteiger partial charge in [0.15, 0.2) is 5.65 Å². The summed E-state index contributed by atoms with van der Waals surface area (Å²) in [4.78, 5) is 0. The van der Waals surface area contributed by atoms with Crippen LogP contribution >= 0.6 is 11.6 Å². The Kier molecular flexibility index (Phi) is 5.80. The number of rotatable bonds is 4. The second kappa shape index (κ2) is 8.25. The lowest BCUT2D eigenvalue weighted by Crippen LogP contribution is -2.38. The first-order chi connectivity index (χ1) is 14.6. The van der Waals surface area contributed by atoms with Gasteiger partial charge in [-0.15, -0.1) is 10.2 Å². The van der Waals surface area contributed by atoms with Crippen molar-refractivity contribution >= 4 is 33.3 Å². The van der Waals surface area contributed by atoms with E-state index in [0.29, 0.717) is 35.8 Å². The summed E-state index contributed by atoms with van der Waals surface area (Å²) in [6.07, 6.45) is -0.892. The number of nitrogens with zero attached hydrogens (tertiary/aromatic N) is 4. The molecule has 0 N–H and O–H groups in total. The van der Waals surface area contributed by atoms with Crippen LogP contribution in [0.3, 0.4) is 0 Å². The van der Waals surface area contributed by atoms with Crippen molar-refractivity contribution in [3.63, 3.8) is 0 Å². The third-order valence-corrected chi connectivity index (χ3v) is 6.95. The SMILES string of the molecule is O=S(=O)(C=Cc1ccc(Cl)cc1)N1CCCC(c2nnc3ccc(C(F)(F)F)cn23)C1. The first-order valence-corrected chi connectivity index (χ1v) is 11.4. The van der Waals surface area contributed by atoms with Gasteiger partial charge in [0.05, 0.1) is 5.56 Å². The zero-order valence-corrected chi connectivity index (χ0v) is 17.7. The maximum atomic E-state index is 13.1. The molecule has 6 nitrogen and oxygen atoms in total. The number of benzene rings is 1. The molecule has 3 heterocycles.